The molecular weight excluding hydrogens is 358 g/mol. The Balaban J connectivity index is 1.36. The van der Waals surface area contributed by atoms with E-state index in [1.54, 1.807) is 6.07 Å². The Morgan fingerprint density at radius 3 is 3.00 bits per heavy atom. The van der Waals surface area contributed by atoms with Crippen molar-refractivity contribution < 1.29 is 22.6 Å². The minimum absolute atomic E-state index is 0.0942. The molecule has 26 heavy (non-hydrogen) atoms. The van der Waals surface area contributed by atoms with Crippen molar-refractivity contribution in [2.75, 3.05) is 19.9 Å². The van der Waals surface area contributed by atoms with Crippen LogP contribution < -0.4 is 18.9 Å². The summed E-state index contributed by atoms with van der Waals surface area (Å²) >= 11 is 0. The first-order valence-corrected chi connectivity index (χ1v) is 9.82. The van der Waals surface area contributed by atoms with Crippen LogP contribution in [-0.2, 0) is 16.6 Å². The predicted molar refractivity (Wildman–Crippen MR) is 90.6 cm³/mol. The molecular formula is C17H17N3O5S. The van der Waals surface area contributed by atoms with Crippen LogP contribution in [0.5, 0.6) is 17.4 Å². The molecule has 0 spiro atoms. The minimum atomic E-state index is -3.64. The summed E-state index contributed by atoms with van der Waals surface area (Å²) < 4.78 is 44.5. The summed E-state index contributed by atoms with van der Waals surface area (Å²) in [7, 11) is -3.64. The van der Waals surface area contributed by atoms with E-state index in [-0.39, 0.29) is 29.7 Å². The maximum absolute atomic E-state index is 12.5. The van der Waals surface area contributed by atoms with Crippen LogP contribution in [0.4, 0.5) is 0 Å². The van der Waals surface area contributed by atoms with Crippen LogP contribution in [0, 0.1) is 0 Å². The van der Waals surface area contributed by atoms with Gasteiger partial charge in [0.2, 0.25) is 22.7 Å². The summed E-state index contributed by atoms with van der Waals surface area (Å²) in [5, 5.41) is 0. The molecule has 1 aromatic carbocycles. The topological polar surface area (TPSA) is 90.0 Å². The van der Waals surface area contributed by atoms with Crippen LogP contribution in [0.3, 0.4) is 0 Å². The van der Waals surface area contributed by atoms with E-state index in [9.17, 15) is 8.42 Å². The molecule has 0 saturated carbocycles. The highest BCUT2D eigenvalue weighted by atomic mass is 32.2. The quantitative estimate of drug-likeness (QED) is 0.828. The van der Waals surface area contributed by atoms with Gasteiger partial charge < -0.3 is 14.2 Å². The maximum Gasteiger partial charge on any atom is 0.246 e. The molecule has 0 bridgehead atoms. The number of aromatic nitrogens is 1. The van der Waals surface area contributed by atoms with Gasteiger partial charge in [-0.15, -0.1) is 0 Å². The monoisotopic (exact) mass is 375 g/mol. The number of hydrogen-bond acceptors (Lipinski definition) is 7. The van der Waals surface area contributed by atoms with Gasteiger partial charge in [-0.2, -0.15) is 0 Å². The van der Waals surface area contributed by atoms with E-state index >= 15 is 0 Å². The zero-order valence-corrected chi connectivity index (χ0v) is 14.6. The number of nitrogens with zero attached hydrogens (tertiary/aromatic N) is 2. The highest BCUT2D eigenvalue weighted by Gasteiger charge is 2.41. The van der Waals surface area contributed by atoms with Crippen molar-refractivity contribution in [1.82, 2.24) is 14.6 Å². The maximum atomic E-state index is 12.5. The average molecular weight is 375 g/mol. The van der Waals surface area contributed by atoms with Crippen molar-refractivity contribution in [1.29, 1.82) is 0 Å². The van der Waals surface area contributed by atoms with Crippen molar-refractivity contribution in [3.8, 4) is 17.4 Å². The second-order valence-electron chi connectivity index (χ2n) is 6.57. The Kier molecular flexibility index (Phi) is 3.56. The van der Waals surface area contributed by atoms with Crippen LogP contribution in [-0.4, -0.2) is 50.3 Å². The number of fused-ring (bicyclic) bond motifs is 3. The first kappa shape index (κ1) is 15.9. The van der Waals surface area contributed by atoms with Crippen molar-refractivity contribution in [3.63, 3.8) is 0 Å². The molecule has 1 saturated heterocycles. The Morgan fingerprint density at radius 2 is 2.08 bits per heavy atom. The lowest BCUT2D eigenvalue weighted by molar-refractivity contribution is 0.173. The Bertz CT molecular complexity index is 965. The predicted octanol–water partition coefficient (Wildman–Crippen LogP) is 0.734. The molecule has 2 aromatic rings. The minimum Gasteiger partial charge on any atom is -0.470 e. The highest BCUT2D eigenvalue weighted by molar-refractivity contribution is 7.89. The fourth-order valence-electron chi connectivity index (χ4n) is 3.59. The number of ether oxygens (including phenoxy) is 3. The van der Waals surface area contributed by atoms with Gasteiger partial charge in [-0.25, -0.2) is 18.1 Å². The van der Waals surface area contributed by atoms with E-state index in [0.717, 1.165) is 17.1 Å². The molecule has 0 amide bonds. The molecule has 136 valence electrons. The first-order valence-electron chi connectivity index (χ1n) is 8.33. The van der Waals surface area contributed by atoms with Crippen molar-refractivity contribution in [3.05, 3.63) is 42.1 Å². The zero-order chi connectivity index (χ0) is 17.7. The Hall–Kier alpha value is -2.36. The molecule has 4 heterocycles. The molecule has 1 aromatic heterocycles. The van der Waals surface area contributed by atoms with E-state index in [0.29, 0.717) is 19.6 Å². The van der Waals surface area contributed by atoms with Crippen LogP contribution >= 0.6 is 0 Å². The van der Waals surface area contributed by atoms with Gasteiger partial charge in [0.25, 0.3) is 0 Å². The zero-order valence-electron chi connectivity index (χ0n) is 13.8. The normalized spacial score (nSPS) is 25.8. The van der Waals surface area contributed by atoms with Gasteiger partial charge in [-0.1, -0.05) is 6.07 Å². The molecule has 0 aliphatic carbocycles. The summed E-state index contributed by atoms with van der Waals surface area (Å²) in [5.74, 6) is 1.66. The second-order valence-corrected chi connectivity index (χ2v) is 8.25. The van der Waals surface area contributed by atoms with Crippen molar-refractivity contribution in [2.24, 2.45) is 0 Å². The fourth-order valence-corrected chi connectivity index (χ4v) is 4.93. The van der Waals surface area contributed by atoms with Gasteiger partial charge in [0.05, 0.1) is 6.04 Å². The van der Waals surface area contributed by atoms with Gasteiger partial charge in [0.1, 0.15) is 11.0 Å². The number of likely N-dealkylation sites (tertiary alicyclic amines) is 1. The second kappa shape index (κ2) is 5.83. The fraction of sp³-hybridized carbons (Fsp3) is 0.353. The van der Waals surface area contributed by atoms with Gasteiger partial charge in [-0.3, -0.25) is 4.90 Å². The summed E-state index contributed by atoms with van der Waals surface area (Å²) in [6, 6.07) is 8.63. The van der Waals surface area contributed by atoms with Gasteiger partial charge in [-0.05, 0) is 29.8 Å². The number of pyridine rings is 1. The molecule has 3 aliphatic heterocycles. The molecule has 9 heteroatoms. The summed E-state index contributed by atoms with van der Waals surface area (Å²) in [6.07, 6.45) is 1.25. The Morgan fingerprint density at radius 1 is 1.19 bits per heavy atom. The number of nitrogens with one attached hydrogen (secondary N) is 1. The largest absolute Gasteiger partial charge is 0.470 e. The van der Waals surface area contributed by atoms with E-state index in [2.05, 4.69) is 14.6 Å². The third-order valence-electron chi connectivity index (χ3n) is 4.78. The molecule has 2 atom stereocenters. The molecule has 5 rings (SSSR count). The highest BCUT2D eigenvalue weighted by Crippen LogP contribution is 2.34. The summed E-state index contributed by atoms with van der Waals surface area (Å²) in [6.45, 7) is 2.09. The first-order chi connectivity index (χ1) is 12.6. The van der Waals surface area contributed by atoms with Crippen LogP contribution in [0.25, 0.3) is 0 Å². The SMILES string of the molecule is O=S1(=O)NC2CN(Cc3ccc4c(c3)OCO4)CC2Oc2ncccc21. The number of hydrogen-bond donors (Lipinski definition) is 1. The lowest BCUT2D eigenvalue weighted by Crippen LogP contribution is -2.42. The number of sulfonamides is 1. The molecule has 2 unspecified atom stereocenters. The molecule has 1 fully saturated rings. The van der Waals surface area contributed by atoms with E-state index < -0.39 is 10.0 Å². The van der Waals surface area contributed by atoms with Crippen molar-refractivity contribution in [2.45, 2.75) is 23.6 Å². The lowest BCUT2D eigenvalue weighted by atomic mass is 10.2. The average Bonchev–Trinajstić information content (AvgIpc) is 3.19. The van der Waals surface area contributed by atoms with Crippen LogP contribution in [0.2, 0.25) is 0 Å². The van der Waals surface area contributed by atoms with E-state index in [1.807, 2.05) is 18.2 Å². The van der Waals surface area contributed by atoms with E-state index in [1.165, 1.54) is 12.3 Å². The Labute approximate surface area is 150 Å². The van der Waals surface area contributed by atoms with Gasteiger partial charge in [0.15, 0.2) is 11.5 Å². The summed E-state index contributed by atoms with van der Waals surface area (Å²) in [4.78, 5) is 6.34. The lowest BCUT2D eigenvalue weighted by Gasteiger charge is -2.17. The van der Waals surface area contributed by atoms with E-state index in [4.69, 9.17) is 14.2 Å². The summed E-state index contributed by atoms with van der Waals surface area (Å²) in [5.41, 5.74) is 1.08. The van der Waals surface area contributed by atoms with Crippen molar-refractivity contribution >= 4 is 10.0 Å². The third kappa shape index (κ3) is 2.68. The standard InChI is InChI=1S/C17H17N3O5S/c21-26(22)16-2-1-5-18-17(16)25-15-9-20(8-12(15)19-26)7-11-3-4-13-14(6-11)24-10-23-13/h1-6,12,15,19H,7-10H2. The number of benzene rings is 1. The third-order valence-corrected chi connectivity index (χ3v) is 6.28. The van der Waals surface area contributed by atoms with Gasteiger partial charge >= 0.3 is 0 Å². The molecule has 0 radical (unpaired) electrons. The number of rotatable bonds is 2. The molecule has 3 aliphatic rings. The van der Waals surface area contributed by atoms with Gasteiger partial charge in [0, 0.05) is 25.8 Å². The van der Waals surface area contributed by atoms with Crippen LogP contribution in [0.1, 0.15) is 5.56 Å². The van der Waals surface area contributed by atoms with Crippen LogP contribution in [0.15, 0.2) is 41.4 Å². The molecule has 8 nitrogen and oxygen atoms in total. The molecule has 1 N–H and O–H groups in total. The smallest absolute Gasteiger partial charge is 0.246 e.